The van der Waals surface area contributed by atoms with E-state index < -0.39 is 0 Å². The maximum absolute atomic E-state index is 4.17. The van der Waals surface area contributed by atoms with E-state index in [1.54, 1.807) is 6.20 Å². The summed E-state index contributed by atoms with van der Waals surface area (Å²) in [6.07, 6.45) is 6.37. The maximum Gasteiger partial charge on any atom is 0.120 e. The summed E-state index contributed by atoms with van der Waals surface area (Å²) in [6.45, 7) is 5.45. The summed E-state index contributed by atoms with van der Waals surface area (Å²) < 4.78 is 0. The van der Waals surface area contributed by atoms with Gasteiger partial charge in [-0.05, 0) is 25.2 Å². The third kappa shape index (κ3) is 1.91. The van der Waals surface area contributed by atoms with E-state index in [-0.39, 0.29) is 0 Å². The van der Waals surface area contributed by atoms with Crippen molar-refractivity contribution >= 4 is 0 Å². The summed E-state index contributed by atoms with van der Waals surface area (Å²) in [7, 11) is 0. The molecular weight excluding hydrogens is 162 g/mol. The minimum Gasteiger partial charge on any atom is -0.348 e. The van der Waals surface area contributed by atoms with Gasteiger partial charge in [0, 0.05) is 18.4 Å². The molecule has 2 rings (SSSR count). The molecule has 1 saturated carbocycles. The monoisotopic (exact) mass is 179 g/mol. The molecule has 1 heterocycles. The highest BCUT2D eigenvalue weighted by molar-refractivity contribution is 4.97. The van der Waals surface area contributed by atoms with Gasteiger partial charge in [-0.3, -0.25) is 0 Å². The molecule has 1 fully saturated rings. The summed E-state index contributed by atoms with van der Waals surface area (Å²) in [6, 6.07) is 0.595. The quantitative estimate of drug-likeness (QED) is 0.738. The van der Waals surface area contributed by atoms with Crippen LogP contribution < -0.4 is 5.32 Å². The fraction of sp³-hybridized carbons (Fsp3) is 0.700. The normalized spacial score (nSPS) is 21.4. The molecule has 1 unspecified atom stereocenters. The van der Waals surface area contributed by atoms with Crippen molar-refractivity contribution in [3.8, 4) is 0 Å². The Bertz CT molecular complexity index is 262. The second kappa shape index (κ2) is 3.14. The Morgan fingerprint density at radius 1 is 1.69 bits per heavy atom. The highest BCUT2D eigenvalue weighted by Gasteiger charge is 2.42. The van der Waals surface area contributed by atoms with Crippen molar-refractivity contribution in [2.75, 3.05) is 0 Å². The van der Waals surface area contributed by atoms with Gasteiger partial charge in [0.15, 0.2) is 0 Å². The van der Waals surface area contributed by atoms with Crippen LogP contribution in [0.4, 0.5) is 0 Å². The highest BCUT2D eigenvalue weighted by atomic mass is 15.0. The van der Waals surface area contributed by atoms with Crippen molar-refractivity contribution in [1.82, 2.24) is 15.3 Å². The van der Waals surface area contributed by atoms with E-state index in [4.69, 9.17) is 0 Å². The molecule has 0 saturated heterocycles. The van der Waals surface area contributed by atoms with Gasteiger partial charge >= 0.3 is 0 Å². The lowest BCUT2D eigenvalue weighted by Crippen LogP contribution is -2.33. The van der Waals surface area contributed by atoms with E-state index in [2.05, 4.69) is 29.1 Å². The Labute approximate surface area is 79.0 Å². The van der Waals surface area contributed by atoms with Crippen molar-refractivity contribution in [1.29, 1.82) is 0 Å². The molecule has 0 aromatic carbocycles. The number of imidazole rings is 1. The molecule has 72 valence electrons. The van der Waals surface area contributed by atoms with Crippen LogP contribution in [-0.2, 0) is 6.54 Å². The lowest BCUT2D eigenvalue weighted by molar-refractivity contribution is 0.376. The predicted molar refractivity (Wildman–Crippen MR) is 52.2 cm³/mol. The fourth-order valence-electron chi connectivity index (χ4n) is 1.52. The molecule has 1 aliphatic rings. The molecule has 3 heteroatoms. The first-order chi connectivity index (χ1) is 6.21. The first-order valence-electron chi connectivity index (χ1n) is 4.92. The summed E-state index contributed by atoms with van der Waals surface area (Å²) in [5.41, 5.74) is 0.548. The van der Waals surface area contributed by atoms with Crippen LogP contribution >= 0.6 is 0 Å². The molecule has 0 amide bonds. The summed E-state index contributed by atoms with van der Waals surface area (Å²) in [5, 5.41) is 3.49. The van der Waals surface area contributed by atoms with Gasteiger partial charge in [0.05, 0.1) is 6.54 Å². The molecular formula is C10H17N3. The standard InChI is InChI=1S/C10H17N3/c1-8(10(2)3-4-10)13-7-9-11-5-6-12-9/h5-6,8,13H,3-4,7H2,1-2H3,(H,11,12). The van der Waals surface area contributed by atoms with Crippen molar-refractivity contribution < 1.29 is 0 Å². The Kier molecular flexibility index (Phi) is 2.12. The largest absolute Gasteiger partial charge is 0.348 e. The van der Waals surface area contributed by atoms with Crippen molar-refractivity contribution in [2.24, 2.45) is 5.41 Å². The van der Waals surface area contributed by atoms with Gasteiger partial charge in [0.25, 0.3) is 0 Å². The maximum atomic E-state index is 4.17. The number of rotatable bonds is 4. The van der Waals surface area contributed by atoms with Gasteiger partial charge in [-0.15, -0.1) is 0 Å². The number of aromatic amines is 1. The zero-order chi connectivity index (χ0) is 9.31. The second-order valence-corrected chi connectivity index (χ2v) is 4.29. The molecule has 0 radical (unpaired) electrons. The number of aromatic nitrogens is 2. The van der Waals surface area contributed by atoms with E-state index >= 15 is 0 Å². The van der Waals surface area contributed by atoms with E-state index in [1.807, 2.05) is 6.20 Å². The highest BCUT2D eigenvalue weighted by Crippen LogP contribution is 2.47. The molecule has 1 atom stereocenters. The molecule has 1 aliphatic carbocycles. The van der Waals surface area contributed by atoms with Gasteiger partial charge in [0.1, 0.15) is 5.82 Å². The number of hydrogen-bond donors (Lipinski definition) is 2. The number of hydrogen-bond acceptors (Lipinski definition) is 2. The van der Waals surface area contributed by atoms with Crippen LogP contribution in [0.1, 0.15) is 32.5 Å². The van der Waals surface area contributed by atoms with E-state index in [1.165, 1.54) is 12.8 Å². The molecule has 2 N–H and O–H groups in total. The second-order valence-electron chi connectivity index (χ2n) is 4.29. The van der Waals surface area contributed by atoms with Gasteiger partial charge in [-0.25, -0.2) is 4.98 Å². The lowest BCUT2D eigenvalue weighted by Gasteiger charge is -2.19. The van der Waals surface area contributed by atoms with Crippen LogP contribution in [0.15, 0.2) is 12.4 Å². The Hall–Kier alpha value is -0.830. The summed E-state index contributed by atoms with van der Waals surface area (Å²) in [5.74, 6) is 1.02. The SMILES string of the molecule is CC(NCc1ncc[nH]1)C1(C)CC1. The van der Waals surface area contributed by atoms with Crippen LogP contribution in [0.3, 0.4) is 0 Å². The van der Waals surface area contributed by atoms with Crippen molar-refractivity contribution in [3.63, 3.8) is 0 Å². The van der Waals surface area contributed by atoms with Gasteiger partial charge in [-0.2, -0.15) is 0 Å². The Morgan fingerprint density at radius 2 is 2.46 bits per heavy atom. The average Bonchev–Trinajstić information content (AvgIpc) is 2.70. The number of nitrogens with one attached hydrogen (secondary N) is 2. The van der Waals surface area contributed by atoms with Gasteiger partial charge < -0.3 is 10.3 Å². The van der Waals surface area contributed by atoms with Crippen LogP contribution in [0.2, 0.25) is 0 Å². The average molecular weight is 179 g/mol. The molecule has 0 bridgehead atoms. The van der Waals surface area contributed by atoms with Crippen molar-refractivity contribution in [3.05, 3.63) is 18.2 Å². The summed E-state index contributed by atoms with van der Waals surface area (Å²) in [4.78, 5) is 7.26. The Balaban J connectivity index is 1.79. The fourth-order valence-corrected chi connectivity index (χ4v) is 1.52. The van der Waals surface area contributed by atoms with Gasteiger partial charge in [-0.1, -0.05) is 6.92 Å². The number of H-pyrrole nitrogens is 1. The van der Waals surface area contributed by atoms with Crippen LogP contribution in [-0.4, -0.2) is 16.0 Å². The molecule has 1 aromatic rings. The third-order valence-electron chi connectivity index (χ3n) is 3.21. The van der Waals surface area contributed by atoms with Crippen LogP contribution in [0, 0.1) is 5.41 Å². The third-order valence-corrected chi connectivity index (χ3v) is 3.21. The molecule has 3 nitrogen and oxygen atoms in total. The Morgan fingerprint density at radius 3 is 3.00 bits per heavy atom. The van der Waals surface area contributed by atoms with Crippen LogP contribution in [0.25, 0.3) is 0 Å². The first-order valence-corrected chi connectivity index (χ1v) is 4.92. The molecule has 1 aromatic heterocycles. The van der Waals surface area contributed by atoms with Crippen molar-refractivity contribution in [2.45, 2.75) is 39.3 Å². The zero-order valence-corrected chi connectivity index (χ0v) is 8.30. The van der Waals surface area contributed by atoms with E-state index in [9.17, 15) is 0 Å². The lowest BCUT2D eigenvalue weighted by atomic mass is 10.0. The zero-order valence-electron chi connectivity index (χ0n) is 8.30. The minimum atomic E-state index is 0.548. The van der Waals surface area contributed by atoms with Gasteiger partial charge in [0.2, 0.25) is 0 Å². The predicted octanol–water partition coefficient (Wildman–Crippen LogP) is 1.69. The molecule has 13 heavy (non-hydrogen) atoms. The minimum absolute atomic E-state index is 0.548. The smallest absolute Gasteiger partial charge is 0.120 e. The number of nitrogens with zero attached hydrogens (tertiary/aromatic N) is 1. The topological polar surface area (TPSA) is 40.7 Å². The van der Waals surface area contributed by atoms with Crippen LogP contribution in [0.5, 0.6) is 0 Å². The van der Waals surface area contributed by atoms with E-state index in [0.717, 1.165) is 12.4 Å². The molecule has 0 aliphatic heterocycles. The van der Waals surface area contributed by atoms with E-state index in [0.29, 0.717) is 11.5 Å². The summed E-state index contributed by atoms with van der Waals surface area (Å²) >= 11 is 0. The first kappa shape index (κ1) is 8.75. The molecule has 0 spiro atoms.